The second-order valence-corrected chi connectivity index (χ2v) is 3.91. The molecule has 0 bridgehead atoms. The van der Waals surface area contributed by atoms with Crippen molar-refractivity contribution in [3.8, 4) is 28.7 Å². The molecule has 94 valence electrons. The maximum absolute atomic E-state index is 9.56. The zero-order valence-electron chi connectivity index (χ0n) is 9.82. The monoisotopic (exact) mass is 254 g/mol. The number of anilines is 1. The quantitative estimate of drug-likeness (QED) is 0.536. The fourth-order valence-electron chi connectivity index (χ4n) is 1.62. The molecular weight excluding hydrogens is 244 g/mol. The summed E-state index contributed by atoms with van der Waals surface area (Å²) in [5, 5.41) is 13.4. The normalized spacial score (nSPS) is 10.5. The smallest absolute Gasteiger partial charge is 0.258 e. The number of rotatable bonds is 2. The Morgan fingerprint density at radius 3 is 2.79 bits per heavy atom. The van der Waals surface area contributed by atoms with Gasteiger partial charge in [-0.2, -0.15) is 4.98 Å². The third-order valence-corrected chi connectivity index (χ3v) is 2.60. The van der Waals surface area contributed by atoms with E-state index in [-0.39, 0.29) is 5.75 Å². The van der Waals surface area contributed by atoms with Crippen molar-refractivity contribution >= 4 is 5.69 Å². The molecular formula is C13H10N4O2. The van der Waals surface area contributed by atoms with Crippen LogP contribution in [0.15, 0.2) is 47.1 Å². The number of hydrogen-bond acceptors (Lipinski definition) is 6. The summed E-state index contributed by atoms with van der Waals surface area (Å²) >= 11 is 0. The molecule has 1 aromatic carbocycles. The van der Waals surface area contributed by atoms with Gasteiger partial charge in [0.1, 0.15) is 11.4 Å². The van der Waals surface area contributed by atoms with Gasteiger partial charge in [-0.3, -0.25) is 4.98 Å². The minimum Gasteiger partial charge on any atom is -0.506 e. The van der Waals surface area contributed by atoms with Crippen molar-refractivity contribution in [1.29, 1.82) is 0 Å². The van der Waals surface area contributed by atoms with Crippen molar-refractivity contribution in [2.45, 2.75) is 0 Å². The molecule has 3 N–H and O–H groups in total. The number of pyridine rings is 1. The number of nitrogens with two attached hydrogens (primary N) is 1. The number of phenolic OH excluding ortho intramolecular Hbond substituents is 1. The van der Waals surface area contributed by atoms with Gasteiger partial charge in [0, 0.05) is 11.8 Å². The summed E-state index contributed by atoms with van der Waals surface area (Å²) in [5.74, 6) is 0.679. The molecule has 0 saturated carbocycles. The highest BCUT2D eigenvalue weighted by Gasteiger charge is 2.12. The summed E-state index contributed by atoms with van der Waals surface area (Å²) < 4.78 is 5.15. The van der Waals surface area contributed by atoms with Crippen LogP contribution in [0.2, 0.25) is 0 Å². The molecule has 3 aromatic rings. The molecule has 6 nitrogen and oxygen atoms in total. The predicted octanol–water partition coefficient (Wildman–Crippen LogP) is 2.09. The Morgan fingerprint density at radius 1 is 1.16 bits per heavy atom. The van der Waals surface area contributed by atoms with E-state index in [1.54, 1.807) is 24.4 Å². The lowest BCUT2D eigenvalue weighted by atomic mass is 10.2. The van der Waals surface area contributed by atoms with Crippen molar-refractivity contribution in [3.05, 3.63) is 42.6 Å². The highest BCUT2D eigenvalue weighted by molar-refractivity contribution is 5.65. The van der Waals surface area contributed by atoms with Gasteiger partial charge in [-0.15, -0.1) is 0 Å². The van der Waals surface area contributed by atoms with Crippen LogP contribution < -0.4 is 5.73 Å². The van der Waals surface area contributed by atoms with Crippen LogP contribution in [-0.4, -0.2) is 20.2 Å². The molecule has 0 aliphatic carbocycles. The SMILES string of the molecule is Nc1ccc(-c2nc(-c3ccccn3)no2)cc1O. The zero-order chi connectivity index (χ0) is 13.2. The van der Waals surface area contributed by atoms with Crippen molar-refractivity contribution in [3.63, 3.8) is 0 Å². The van der Waals surface area contributed by atoms with Gasteiger partial charge in [-0.05, 0) is 30.3 Å². The summed E-state index contributed by atoms with van der Waals surface area (Å²) in [6, 6.07) is 10.2. The van der Waals surface area contributed by atoms with E-state index >= 15 is 0 Å². The molecule has 3 rings (SSSR count). The van der Waals surface area contributed by atoms with Crippen molar-refractivity contribution < 1.29 is 9.63 Å². The molecule has 2 aromatic heterocycles. The Hall–Kier alpha value is -2.89. The first kappa shape index (κ1) is 11.2. The van der Waals surface area contributed by atoms with Crippen molar-refractivity contribution in [1.82, 2.24) is 15.1 Å². The lowest BCUT2D eigenvalue weighted by Gasteiger charge is -1.99. The molecule has 0 spiro atoms. The number of hydrogen-bond donors (Lipinski definition) is 2. The fourth-order valence-corrected chi connectivity index (χ4v) is 1.62. The van der Waals surface area contributed by atoms with E-state index in [1.807, 2.05) is 12.1 Å². The highest BCUT2D eigenvalue weighted by Crippen LogP contribution is 2.27. The summed E-state index contributed by atoms with van der Waals surface area (Å²) in [7, 11) is 0. The maximum Gasteiger partial charge on any atom is 0.258 e. The number of nitrogen functional groups attached to an aromatic ring is 1. The molecule has 0 radical (unpaired) electrons. The predicted molar refractivity (Wildman–Crippen MR) is 69.0 cm³/mol. The zero-order valence-corrected chi connectivity index (χ0v) is 9.82. The number of phenols is 1. The number of benzene rings is 1. The Labute approximate surface area is 108 Å². The summed E-state index contributed by atoms with van der Waals surface area (Å²) in [6.07, 6.45) is 1.65. The average molecular weight is 254 g/mol. The number of aromatic hydroxyl groups is 1. The van der Waals surface area contributed by atoms with Crippen LogP contribution in [0.4, 0.5) is 5.69 Å². The van der Waals surface area contributed by atoms with Crippen LogP contribution in [-0.2, 0) is 0 Å². The minimum absolute atomic E-state index is 0.0184. The van der Waals surface area contributed by atoms with Gasteiger partial charge in [-0.1, -0.05) is 11.2 Å². The van der Waals surface area contributed by atoms with Crippen LogP contribution in [0.3, 0.4) is 0 Å². The molecule has 0 aliphatic heterocycles. The topological polar surface area (TPSA) is 98.1 Å². The highest BCUT2D eigenvalue weighted by atomic mass is 16.5. The number of nitrogens with zero attached hydrogens (tertiary/aromatic N) is 3. The Kier molecular flexibility index (Phi) is 2.60. The Morgan fingerprint density at radius 2 is 2.05 bits per heavy atom. The van der Waals surface area contributed by atoms with Gasteiger partial charge >= 0.3 is 0 Å². The van der Waals surface area contributed by atoms with E-state index in [1.165, 1.54) is 6.07 Å². The average Bonchev–Trinajstić information content (AvgIpc) is 2.93. The van der Waals surface area contributed by atoms with E-state index in [0.717, 1.165) is 0 Å². The minimum atomic E-state index is -0.0184. The van der Waals surface area contributed by atoms with Gasteiger partial charge in [0.05, 0.1) is 5.69 Å². The first-order valence-corrected chi connectivity index (χ1v) is 5.58. The first-order valence-electron chi connectivity index (χ1n) is 5.58. The van der Waals surface area contributed by atoms with Crippen LogP contribution in [0.25, 0.3) is 23.0 Å². The molecule has 6 heteroatoms. The standard InChI is InChI=1S/C13H10N4O2/c14-9-5-4-8(7-11(9)18)13-16-12(17-19-13)10-3-1-2-6-15-10/h1-7,18H,14H2. The first-order chi connectivity index (χ1) is 9.24. The molecule has 0 unspecified atom stereocenters. The van der Waals surface area contributed by atoms with Crippen LogP contribution in [0.1, 0.15) is 0 Å². The van der Waals surface area contributed by atoms with Gasteiger partial charge in [-0.25, -0.2) is 0 Å². The lowest BCUT2D eigenvalue weighted by Crippen LogP contribution is -1.86. The van der Waals surface area contributed by atoms with Crippen LogP contribution in [0, 0.1) is 0 Å². The maximum atomic E-state index is 9.56. The second kappa shape index (κ2) is 4.41. The van der Waals surface area contributed by atoms with Gasteiger partial charge in [0.2, 0.25) is 5.82 Å². The van der Waals surface area contributed by atoms with E-state index in [2.05, 4.69) is 15.1 Å². The summed E-state index contributed by atoms with van der Waals surface area (Å²) in [5.41, 5.74) is 7.06. The lowest BCUT2D eigenvalue weighted by molar-refractivity contribution is 0.431. The van der Waals surface area contributed by atoms with Crippen LogP contribution >= 0.6 is 0 Å². The molecule has 2 heterocycles. The fraction of sp³-hybridized carbons (Fsp3) is 0. The van der Waals surface area contributed by atoms with Gasteiger partial charge < -0.3 is 15.4 Å². The van der Waals surface area contributed by atoms with E-state index in [0.29, 0.717) is 28.7 Å². The van der Waals surface area contributed by atoms with Gasteiger partial charge in [0.25, 0.3) is 5.89 Å². The summed E-state index contributed by atoms with van der Waals surface area (Å²) in [6.45, 7) is 0. The number of aromatic nitrogens is 3. The molecule has 0 amide bonds. The third-order valence-electron chi connectivity index (χ3n) is 2.60. The molecule has 0 aliphatic rings. The van der Waals surface area contributed by atoms with E-state index in [9.17, 15) is 5.11 Å². The molecule has 0 atom stereocenters. The largest absolute Gasteiger partial charge is 0.506 e. The third kappa shape index (κ3) is 2.11. The van der Waals surface area contributed by atoms with Crippen molar-refractivity contribution in [2.24, 2.45) is 0 Å². The summed E-state index contributed by atoms with van der Waals surface area (Å²) in [4.78, 5) is 8.36. The molecule has 0 saturated heterocycles. The van der Waals surface area contributed by atoms with E-state index < -0.39 is 0 Å². The second-order valence-electron chi connectivity index (χ2n) is 3.91. The van der Waals surface area contributed by atoms with Crippen molar-refractivity contribution in [2.75, 3.05) is 5.73 Å². The van der Waals surface area contributed by atoms with Crippen LogP contribution in [0.5, 0.6) is 5.75 Å². The van der Waals surface area contributed by atoms with Gasteiger partial charge in [0.15, 0.2) is 0 Å². The molecule has 19 heavy (non-hydrogen) atoms. The Balaban J connectivity index is 1.99. The Bertz CT molecular complexity index is 710. The molecule has 0 fully saturated rings. The van der Waals surface area contributed by atoms with E-state index in [4.69, 9.17) is 10.3 Å².